The Hall–Kier alpha value is -2.98. The number of hydrogen-bond donors (Lipinski definition) is 2. The van der Waals surface area contributed by atoms with Gasteiger partial charge in [0.2, 0.25) is 10.0 Å². The number of rotatable bonds is 7. The van der Waals surface area contributed by atoms with E-state index in [4.69, 9.17) is 5.21 Å². The Balaban J connectivity index is 0.00000385. The normalized spacial score (nSPS) is 14.9. The third-order valence-corrected chi connectivity index (χ3v) is 6.43. The predicted molar refractivity (Wildman–Crippen MR) is 131 cm³/mol. The van der Waals surface area contributed by atoms with E-state index in [0.717, 1.165) is 16.8 Å². The SMILES string of the molecule is CS(=O)(=O)N1CCN(c2ccc(C(=O)/C=C/c3ccc(/C=C/C(=O)NO)cc3)cc2)CC1.Cl. The first-order valence-electron chi connectivity index (χ1n) is 10.0. The fourth-order valence-corrected chi connectivity index (χ4v) is 4.14. The van der Waals surface area contributed by atoms with E-state index in [1.54, 1.807) is 36.4 Å². The van der Waals surface area contributed by atoms with E-state index in [1.165, 1.54) is 28.2 Å². The van der Waals surface area contributed by atoms with E-state index >= 15 is 0 Å². The third-order valence-electron chi connectivity index (χ3n) is 5.13. The average Bonchev–Trinajstić information content (AvgIpc) is 2.81. The van der Waals surface area contributed by atoms with Crippen LogP contribution < -0.4 is 10.4 Å². The van der Waals surface area contributed by atoms with E-state index in [0.29, 0.717) is 31.7 Å². The molecule has 8 nitrogen and oxygen atoms in total. The van der Waals surface area contributed by atoms with Gasteiger partial charge in [0.1, 0.15) is 0 Å². The summed E-state index contributed by atoms with van der Waals surface area (Å²) in [5.41, 5.74) is 4.66. The molecule has 2 N–H and O–H groups in total. The highest BCUT2D eigenvalue weighted by atomic mass is 35.5. The molecule has 1 amide bonds. The summed E-state index contributed by atoms with van der Waals surface area (Å²) < 4.78 is 24.7. The number of allylic oxidation sites excluding steroid dienone is 1. The lowest BCUT2D eigenvalue weighted by molar-refractivity contribution is -0.124. The molecule has 176 valence electrons. The molecule has 0 spiro atoms. The first-order chi connectivity index (χ1) is 15.3. The number of nitrogens with zero attached hydrogens (tertiary/aromatic N) is 2. The number of halogens is 1. The van der Waals surface area contributed by atoms with Crippen LogP contribution in [-0.2, 0) is 14.8 Å². The minimum absolute atomic E-state index is 0. The van der Waals surface area contributed by atoms with Crippen molar-refractivity contribution in [1.82, 2.24) is 9.79 Å². The number of hydroxylamine groups is 1. The maximum absolute atomic E-state index is 12.5. The highest BCUT2D eigenvalue weighted by Crippen LogP contribution is 2.19. The standard InChI is InChI=1S/C23H25N3O5S.ClH/c1-32(30,31)26-16-14-25(15-17-26)21-10-8-20(9-11-21)22(27)12-6-18-2-4-19(5-3-18)7-13-23(28)24-29;/h2-13,29H,14-17H2,1H3,(H,24,28);1H/b12-6+,13-7+;. The topological polar surface area (TPSA) is 107 Å². The minimum Gasteiger partial charge on any atom is -0.369 e. The van der Waals surface area contributed by atoms with Crippen molar-refractivity contribution in [2.75, 3.05) is 37.3 Å². The number of nitrogens with one attached hydrogen (secondary N) is 1. The summed E-state index contributed by atoms with van der Waals surface area (Å²) in [6.45, 7) is 2.11. The Labute approximate surface area is 199 Å². The van der Waals surface area contributed by atoms with Gasteiger partial charge in [-0.3, -0.25) is 14.8 Å². The summed E-state index contributed by atoms with van der Waals surface area (Å²) in [5.74, 6) is -0.733. The first-order valence-corrected chi connectivity index (χ1v) is 11.9. The largest absolute Gasteiger partial charge is 0.369 e. The van der Waals surface area contributed by atoms with Crippen LogP contribution in [-0.4, -0.2) is 62.1 Å². The molecule has 0 saturated carbocycles. The molecule has 1 aliphatic rings. The van der Waals surface area contributed by atoms with Crippen LogP contribution in [0.5, 0.6) is 0 Å². The van der Waals surface area contributed by atoms with E-state index in [2.05, 4.69) is 4.90 Å². The smallest absolute Gasteiger partial charge is 0.267 e. The molecule has 0 radical (unpaired) electrons. The number of sulfonamides is 1. The summed E-state index contributed by atoms with van der Waals surface area (Å²) in [7, 11) is -3.16. The second-order valence-corrected chi connectivity index (χ2v) is 9.35. The molecule has 1 saturated heterocycles. The van der Waals surface area contributed by atoms with Gasteiger partial charge in [0.15, 0.2) is 5.78 Å². The lowest BCUT2D eigenvalue weighted by Gasteiger charge is -2.34. The molecule has 0 atom stereocenters. The molecule has 1 fully saturated rings. The number of carbonyl (C=O) groups is 2. The van der Waals surface area contributed by atoms with Crippen molar-refractivity contribution in [2.45, 2.75) is 0 Å². The van der Waals surface area contributed by atoms with Crippen LogP contribution >= 0.6 is 12.4 Å². The van der Waals surface area contributed by atoms with Gasteiger partial charge in [-0.2, -0.15) is 4.31 Å². The molecule has 3 rings (SSSR count). The molecule has 0 bridgehead atoms. The van der Waals surface area contributed by atoms with Crippen molar-refractivity contribution in [3.05, 3.63) is 77.4 Å². The molecule has 1 aliphatic heterocycles. The Morgan fingerprint density at radius 1 is 0.879 bits per heavy atom. The van der Waals surface area contributed by atoms with Crippen molar-refractivity contribution < 1.29 is 23.2 Å². The molecule has 33 heavy (non-hydrogen) atoms. The fourth-order valence-electron chi connectivity index (χ4n) is 3.31. The van der Waals surface area contributed by atoms with Gasteiger partial charge in [-0.05, 0) is 47.5 Å². The maximum Gasteiger partial charge on any atom is 0.267 e. The van der Waals surface area contributed by atoms with Gasteiger partial charge in [-0.15, -0.1) is 12.4 Å². The van der Waals surface area contributed by atoms with Crippen molar-refractivity contribution >= 4 is 52.0 Å². The number of carbonyl (C=O) groups excluding carboxylic acids is 2. The second-order valence-electron chi connectivity index (χ2n) is 7.37. The third kappa shape index (κ3) is 7.54. The minimum atomic E-state index is -3.16. The average molecular weight is 492 g/mol. The van der Waals surface area contributed by atoms with Crippen LogP contribution in [0, 0.1) is 0 Å². The molecule has 0 aliphatic carbocycles. The summed E-state index contributed by atoms with van der Waals surface area (Å²) in [6.07, 6.45) is 7.22. The second kappa shape index (κ2) is 11.8. The van der Waals surface area contributed by atoms with Crippen LogP contribution in [0.2, 0.25) is 0 Å². The molecule has 10 heteroatoms. The predicted octanol–water partition coefficient (Wildman–Crippen LogP) is 2.60. The van der Waals surface area contributed by atoms with E-state index in [9.17, 15) is 18.0 Å². The Morgan fingerprint density at radius 3 is 1.88 bits per heavy atom. The Bertz CT molecular complexity index is 1120. The number of anilines is 1. The van der Waals surface area contributed by atoms with E-state index < -0.39 is 15.9 Å². The molecular weight excluding hydrogens is 466 g/mol. The van der Waals surface area contributed by atoms with Crippen LogP contribution in [0.25, 0.3) is 12.2 Å². The van der Waals surface area contributed by atoms with E-state index in [-0.39, 0.29) is 18.2 Å². The number of hydrogen-bond acceptors (Lipinski definition) is 6. The highest BCUT2D eigenvalue weighted by Gasteiger charge is 2.23. The number of piperazine rings is 1. The zero-order valence-electron chi connectivity index (χ0n) is 18.0. The lowest BCUT2D eigenvalue weighted by Crippen LogP contribution is -2.48. The Morgan fingerprint density at radius 2 is 1.39 bits per heavy atom. The van der Waals surface area contributed by atoms with Gasteiger partial charge < -0.3 is 4.90 Å². The van der Waals surface area contributed by atoms with Crippen LogP contribution in [0.1, 0.15) is 21.5 Å². The van der Waals surface area contributed by atoms with Gasteiger partial charge in [0.25, 0.3) is 5.91 Å². The van der Waals surface area contributed by atoms with Crippen molar-refractivity contribution in [2.24, 2.45) is 0 Å². The molecule has 0 aromatic heterocycles. The van der Waals surface area contributed by atoms with Gasteiger partial charge >= 0.3 is 0 Å². The summed E-state index contributed by atoms with van der Waals surface area (Å²) in [4.78, 5) is 25.6. The molecule has 2 aromatic rings. The summed E-state index contributed by atoms with van der Waals surface area (Å²) in [6, 6.07) is 14.5. The van der Waals surface area contributed by atoms with Crippen molar-refractivity contribution in [3.63, 3.8) is 0 Å². The Kier molecular flexibility index (Phi) is 9.36. The highest BCUT2D eigenvalue weighted by molar-refractivity contribution is 7.88. The zero-order valence-corrected chi connectivity index (χ0v) is 19.7. The zero-order chi connectivity index (χ0) is 23.1. The van der Waals surface area contributed by atoms with Gasteiger partial charge in [0, 0.05) is 43.5 Å². The summed E-state index contributed by atoms with van der Waals surface area (Å²) in [5, 5.41) is 8.47. The molecule has 2 aromatic carbocycles. The molecular formula is C23H26ClN3O5S. The number of amides is 1. The van der Waals surface area contributed by atoms with Crippen molar-refractivity contribution in [1.29, 1.82) is 0 Å². The van der Waals surface area contributed by atoms with Crippen molar-refractivity contribution in [3.8, 4) is 0 Å². The number of benzene rings is 2. The monoisotopic (exact) mass is 491 g/mol. The van der Waals surface area contributed by atoms with Crippen LogP contribution in [0.15, 0.2) is 60.7 Å². The maximum atomic E-state index is 12.5. The lowest BCUT2D eigenvalue weighted by atomic mass is 10.1. The van der Waals surface area contributed by atoms with Gasteiger partial charge in [-0.25, -0.2) is 13.9 Å². The fraction of sp³-hybridized carbons (Fsp3) is 0.217. The summed E-state index contributed by atoms with van der Waals surface area (Å²) >= 11 is 0. The molecule has 0 unspecified atom stereocenters. The van der Waals surface area contributed by atoms with E-state index in [1.807, 2.05) is 24.3 Å². The molecule has 1 heterocycles. The first kappa shape index (κ1) is 26.3. The van der Waals surface area contributed by atoms with Crippen LogP contribution in [0.4, 0.5) is 5.69 Å². The van der Waals surface area contributed by atoms with Gasteiger partial charge in [0.05, 0.1) is 6.26 Å². The number of ketones is 1. The quantitative estimate of drug-likeness (QED) is 0.267. The van der Waals surface area contributed by atoms with Crippen LogP contribution in [0.3, 0.4) is 0 Å². The van der Waals surface area contributed by atoms with Gasteiger partial charge in [-0.1, -0.05) is 30.3 Å².